The van der Waals surface area contributed by atoms with Gasteiger partial charge >= 0.3 is 7.82 Å². The van der Waals surface area contributed by atoms with Crippen molar-refractivity contribution in [2.45, 2.75) is 31.1 Å². The van der Waals surface area contributed by atoms with E-state index in [2.05, 4.69) is 21.5 Å². The van der Waals surface area contributed by atoms with Gasteiger partial charge in [-0.15, -0.1) is 0 Å². The number of imidazole rings is 1. The monoisotopic (exact) mass is 525 g/mol. The maximum atomic E-state index is 14.4. The average molecular weight is 526 g/mol. The second-order valence-corrected chi connectivity index (χ2v) is 10.4. The number of fused-ring (bicyclic) bond motifs is 1. The number of hydrogen-bond donors (Lipinski definition) is 3. The summed E-state index contributed by atoms with van der Waals surface area (Å²) in [7, 11) is -4.06. The van der Waals surface area contributed by atoms with E-state index >= 15 is 0 Å². The van der Waals surface area contributed by atoms with Gasteiger partial charge in [-0.25, -0.2) is 13.9 Å². The molecule has 1 aromatic carbocycles. The van der Waals surface area contributed by atoms with Gasteiger partial charge in [0.2, 0.25) is 5.95 Å². The lowest BCUT2D eigenvalue weighted by atomic mass is 10.0. The van der Waals surface area contributed by atoms with Gasteiger partial charge in [-0.1, -0.05) is 30.3 Å². The zero-order valence-electron chi connectivity index (χ0n) is 18.3. The van der Waals surface area contributed by atoms with Crippen molar-refractivity contribution >= 4 is 36.5 Å². The number of nitrogens with two attached hydrogens (primary N) is 1. The highest BCUT2D eigenvalue weighted by molar-refractivity contribution is 7.48. The van der Waals surface area contributed by atoms with Crippen LogP contribution < -0.4 is 11.3 Å². The summed E-state index contributed by atoms with van der Waals surface area (Å²) in [6, 6.07) is 4.01. The molecule has 14 heteroatoms. The number of aliphatic hydroxyl groups is 1. The fraction of sp³-hybridized carbons (Fsp3) is 0.381. The van der Waals surface area contributed by atoms with Crippen molar-refractivity contribution in [3.05, 3.63) is 63.4 Å². The van der Waals surface area contributed by atoms with E-state index in [1.165, 1.54) is 18.5 Å². The van der Waals surface area contributed by atoms with Gasteiger partial charge in [-0.2, -0.15) is 4.98 Å². The predicted molar refractivity (Wildman–Crippen MR) is 124 cm³/mol. The Bertz CT molecular complexity index is 1410. The molecule has 1 aliphatic carbocycles. The number of anilines is 1. The molecule has 3 heterocycles. The first kappa shape index (κ1) is 24.1. The molecule has 2 fully saturated rings. The van der Waals surface area contributed by atoms with Crippen LogP contribution in [-0.2, 0) is 18.1 Å². The van der Waals surface area contributed by atoms with E-state index in [-0.39, 0.29) is 53.8 Å². The summed E-state index contributed by atoms with van der Waals surface area (Å²) < 4.78 is 45.5. The highest BCUT2D eigenvalue weighted by Crippen LogP contribution is 2.58. The number of rotatable bonds is 5. The number of aromatic amines is 1. The van der Waals surface area contributed by atoms with Gasteiger partial charge < -0.3 is 15.4 Å². The van der Waals surface area contributed by atoms with Crippen LogP contribution in [0.5, 0.6) is 0 Å². The fourth-order valence-electron chi connectivity index (χ4n) is 4.45. The minimum Gasteiger partial charge on any atom is -0.392 e. The third-order valence-corrected chi connectivity index (χ3v) is 8.01. The number of phosphoric ester groups is 1. The van der Waals surface area contributed by atoms with Crippen LogP contribution >= 0.6 is 19.4 Å². The van der Waals surface area contributed by atoms with Gasteiger partial charge in [-0.05, 0) is 18.1 Å². The molecule has 5 atom stereocenters. The molecule has 1 unspecified atom stereocenters. The number of aliphatic hydroxyl groups excluding tert-OH is 1. The van der Waals surface area contributed by atoms with Crippen LogP contribution in [0.4, 0.5) is 10.3 Å². The molecule has 3 aromatic rings. The Kier molecular flexibility index (Phi) is 6.28. The molecule has 0 spiro atoms. The third kappa shape index (κ3) is 4.42. The van der Waals surface area contributed by atoms with Gasteiger partial charge in [0, 0.05) is 17.9 Å². The minimum atomic E-state index is -4.06. The van der Waals surface area contributed by atoms with E-state index in [1.807, 2.05) is 0 Å². The van der Waals surface area contributed by atoms with Crippen LogP contribution in [0.15, 0.2) is 41.5 Å². The normalized spacial score (nSPS) is 29.2. The largest absolute Gasteiger partial charge is 0.475 e. The van der Waals surface area contributed by atoms with E-state index in [0.29, 0.717) is 5.57 Å². The SMILES string of the molecule is C=C1[C@H](COP2(=O)OCC[C@H](c3cccc(Cl)c3F)O2)[C@@H](O)C[C@@H]1n1cnc2c(=O)[nH]c(N)nc21. The van der Waals surface area contributed by atoms with Crippen molar-refractivity contribution in [3.8, 4) is 0 Å². The van der Waals surface area contributed by atoms with Gasteiger partial charge in [0.05, 0.1) is 42.8 Å². The van der Waals surface area contributed by atoms with E-state index < -0.39 is 43.4 Å². The molecule has 2 aliphatic rings. The second-order valence-electron chi connectivity index (χ2n) is 8.38. The van der Waals surface area contributed by atoms with Crippen molar-refractivity contribution in [2.75, 3.05) is 18.9 Å². The standard InChI is InChI=1S/C21H22ClFN5O6P/c1-10-12(15(29)7-14(10)28-9-25-18-19(28)26-21(24)27-20(18)30)8-33-35(31)32-6-5-16(34-35)11-3-2-4-13(22)17(11)23/h2-4,9,12,14-16,29H,1,5-8H2,(H3,24,26,27,30)/t12-,14-,15-,16+,35?/m0/s1. The number of H-pyrrole nitrogens is 1. The van der Waals surface area contributed by atoms with Crippen LogP contribution in [0.3, 0.4) is 0 Å². The van der Waals surface area contributed by atoms with E-state index in [4.69, 9.17) is 30.9 Å². The molecule has 5 rings (SSSR count). The summed E-state index contributed by atoms with van der Waals surface area (Å²) >= 11 is 5.86. The van der Waals surface area contributed by atoms with Gasteiger partial charge in [0.1, 0.15) is 5.82 Å². The maximum absolute atomic E-state index is 14.4. The molecule has 186 valence electrons. The van der Waals surface area contributed by atoms with Crippen LogP contribution in [0.2, 0.25) is 5.02 Å². The molecule has 1 saturated heterocycles. The summed E-state index contributed by atoms with van der Waals surface area (Å²) in [4.78, 5) is 22.7. The lowest BCUT2D eigenvalue weighted by molar-refractivity contribution is 0.0155. The first-order valence-corrected chi connectivity index (χ1v) is 12.6. The molecular formula is C21H22ClFN5O6P. The highest BCUT2D eigenvalue weighted by Gasteiger charge is 2.42. The van der Waals surface area contributed by atoms with E-state index in [1.54, 1.807) is 10.6 Å². The lowest BCUT2D eigenvalue weighted by Gasteiger charge is -2.30. The number of benzene rings is 1. The molecule has 4 N–H and O–H groups in total. The topological polar surface area (TPSA) is 155 Å². The third-order valence-electron chi connectivity index (χ3n) is 6.25. The molecule has 0 amide bonds. The zero-order chi connectivity index (χ0) is 24.9. The van der Waals surface area contributed by atoms with Gasteiger partial charge in [0.25, 0.3) is 5.56 Å². The molecule has 2 aromatic heterocycles. The van der Waals surface area contributed by atoms with Gasteiger partial charge in [0.15, 0.2) is 11.2 Å². The number of nitrogens with zero attached hydrogens (tertiary/aromatic N) is 3. The number of aromatic nitrogens is 4. The Morgan fingerprint density at radius 2 is 2.26 bits per heavy atom. The summed E-state index contributed by atoms with van der Waals surface area (Å²) in [5.41, 5.74) is 6.26. The van der Waals surface area contributed by atoms with Crippen molar-refractivity contribution in [1.82, 2.24) is 19.5 Å². The Hall–Kier alpha value is -2.60. The summed E-state index contributed by atoms with van der Waals surface area (Å²) in [6.45, 7) is 3.88. The number of phosphoric acid groups is 1. The van der Waals surface area contributed by atoms with E-state index in [9.17, 15) is 18.9 Å². The Balaban J connectivity index is 1.31. The number of nitrogens with one attached hydrogen (secondary N) is 1. The van der Waals surface area contributed by atoms with Crippen LogP contribution in [-0.4, -0.2) is 43.9 Å². The van der Waals surface area contributed by atoms with Crippen molar-refractivity contribution in [2.24, 2.45) is 5.92 Å². The molecule has 11 nitrogen and oxygen atoms in total. The summed E-state index contributed by atoms with van der Waals surface area (Å²) in [5.74, 6) is -1.35. The first-order chi connectivity index (χ1) is 16.7. The number of halogens is 2. The molecule has 0 radical (unpaired) electrons. The van der Waals surface area contributed by atoms with Crippen LogP contribution in [0.25, 0.3) is 11.2 Å². The minimum absolute atomic E-state index is 0.0212. The molecule has 0 bridgehead atoms. The zero-order valence-corrected chi connectivity index (χ0v) is 19.9. The number of hydrogen-bond acceptors (Lipinski definition) is 9. The fourth-order valence-corrected chi connectivity index (χ4v) is 6.03. The molecular weight excluding hydrogens is 504 g/mol. The molecule has 35 heavy (non-hydrogen) atoms. The highest BCUT2D eigenvalue weighted by atomic mass is 35.5. The van der Waals surface area contributed by atoms with Crippen molar-refractivity contribution in [3.63, 3.8) is 0 Å². The Morgan fingerprint density at radius 1 is 1.46 bits per heavy atom. The van der Waals surface area contributed by atoms with Crippen molar-refractivity contribution < 1.29 is 27.6 Å². The number of nitrogen functional groups attached to an aromatic ring is 1. The van der Waals surface area contributed by atoms with Gasteiger partial charge in [-0.3, -0.25) is 23.3 Å². The summed E-state index contributed by atoms with van der Waals surface area (Å²) in [5, 5.41) is 10.6. The smallest absolute Gasteiger partial charge is 0.392 e. The quantitative estimate of drug-likeness (QED) is 0.336. The first-order valence-electron chi connectivity index (χ1n) is 10.8. The maximum Gasteiger partial charge on any atom is 0.475 e. The van der Waals surface area contributed by atoms with Crippen molar-refractivity contribution in [1.29, 1.82) is 0 Å². The predicted octanol–water partition coefficient (Wildman–Crippen LogP) is 3.28. The van der Waals surface area contributed by atoms with E-state index in [0.717, 1.165) is 0 Å². The Morgan fingerprint density at radius 3 is 3.06 bits per heavy atom. The van der Waals surface area contributed by atoms with Crippen LogP contribution in [0, 0.1) is 11.7 Å². The average Bonchev–Trinajstić information content (AvgIpc) is 3.34. The lowest BCUT2D eigenvalue weighted by Crippen LogP contribution is -2.22. The molecule has 1 aliphatic heterocycles. The van der Waals surface area contributed by atoms with Crippen LogP contribution in [0.1, 0.15) is 30.6 Å². The second kappa shape index (κ2) is 9.12. The molecule has 1 saturated carbocycles. The Labute approximate surface area is 203 Å². The summed E-state index contributed by atoms with van der Waals surface area (Å²) in [6.07, 6.45) is 0.146.